The molecule has 5 aromatic rings. The number of para-hydroxylation sites is 2. The third kappa shape index (κ3) is 4.89. The van der Waals surface area contributed by atoms with Gasteiger partial charge in [0.1, 0.15) is 11.3 Å². The minimum atomic E-state index is -0.248. The molecule has 0 aliphatic heterocycles. The second kappa shape index (κ2) is 10.2. The standard InChI is InChI=1S/C32H28N2O3/c1-20-18-26(31-27(19-20)29(35)21(2)30(37-31)23-12-6-4-7-13-23)22(3)33-28-17-11-10-16-25(28)32(36)34-24-14-8-5-9-15-24/h4-19,22,33H,1-3H3,(H,34,36)/t22-/m1/s1. The number of carbonyl (C=O) groups excluding carboxylic acids is 1. The monoisotopic (exact) mass is 488 g/mol. The molecule has 184 valence electrons. The Bertz CT molecular complexity index is 1640. The summed E-state index contributed by atoms with van der Waals surface area (Å²) in [6.07, 6.45) is 0. The van der Waals surface area contributed by atoms with Crippen LogP contribution in [0.5, 0.6) is 0 Å². The number of carbonyl (C=O) groups is 1. The fourth-order valence-electron chi connectivity index (χ4n) is 4.59. The van der Waals surface area contributed by atoms with E-state index in [2.05, 4.69) is 10.6 Å². The highest BCUT2D eigenvalue weighted by Gasteiger charge is 2.20. The third-order valence-corrected chi connectivity index (χ3v) is 6.47. The van der Waals surface area contributed by atoms with Crippen LogP contribution in [0.3, 0.4) is 0 Å². The van der Waals surface area contributed by atoms with Gasteiger partial charge in [0.15, 0.2) is 5.43 Å². The molecule has 0 radical (unpaired) electrons. The SMILES string of the molecule is Cc1cc([C@@H](C)Nc2ccccc2C(=O)Nc2ccccc2)c2oc(-c3ccccc3)c(C)c(=O)c2c1. The summed E-state index contributed by atoms with van der Waals surface area (Å²) in [6.45, 7) is 5.78. The van der Waals surface area contributed by atoms with Crippen molar-refractivity contribution < 1.29 is 9.21 Å². The maximum Gasteiger partial charge on any atom is 0.257 e. The molecule has 0 aliphatic carbocycles. The first-order chi connectivity index (χ1) is 17.9. The predicted molar refractivity (Wildman–Crippen MR) is 150 cm³/mol. The van der Waals surface area contributed by atoms with E-state index in [1.165, 1.54) is 0 Å². The molecule has 1 aromatic heterocycles. The number of hydrogen-bond donors (Lipinski definition) is 2. The van der Waals surface area contributed by atoms with Gasteiger partial charge in [-0.05, 0) is 56.7 Å². The van der Waals surface area contributed by atoms with Crippen LogP contribution in [0.25, 0.3) is 22.3 Å². The first-order valence-corrected chi connectivity index (χ1v) is 12.3. The number of anilines is 2. The van der Waals surface area contributed by atoms with E-state index >= 15 is 0 Å². The molecule has 37 heavy (non-hydrogen) atoms. The zero-order chi connectivity index (χ0) is 25.9. The van der Waals surface area contributed by atoms with E-state index in [0.29, 0.717) is 33.5 Å². The van der Waals surface area contributed by atoms with Crippen LogP contribution in [0.2, 0.25) is 0 Å². The summed E-state index contributed by atoms with van der Waals surface area (Å²) in [4.78, 5) is 26.5. The summed E-state index contributed by atoms with van der Waals surface area (Å²) in [6, 6.07) is 30.1. The minimum absolute atomic E-state index is 0.0418. The number of fused-ring (bicyclic) bond motifs is 1. The van der Waals surface area contributed by atoms with Gasteiger partial charge in [-0.2, -0.15) is 0 Å². The maximum absolute atomic E-state index is 13.4. The van der Waals surface area contributed by atoms with Crippen molar-refractivity contribution in [2.75, 3.05) is 10.6 Å². The topological polar surface area (TPSA) is 71.3 Å². The number of amides is 1. The lowest BCUT2D eigenvalue weighted by atomic mass is 9.98. The zero-order valence-electron chi connectivity index (χ0n) is 21.0. The molecule has 0 saturated carbocycles. The summed E-state index contributed by atoms with van der Waals surface area (Å²) < 4.78 is 6.44. The van der Waals surface area contributed by atoms with Crippen LogP contribution in [0.1, 0.15) is 40.0 Å². The Hall–Kier alpha value is -4.64. The number of rotatable bonds is 6. The van der Waals surface area contributed by atoms with E-state index in [4.69, 9.17) is 4.42 Å². The Labute approximate surface area is 215 Å². The number of benzene rings is 4. The second-order valence-corrected chi connectivity index (χ2v) is 9.21. The van der Waals surface area contributed by atoms with E-state index in [-0.39, 0.29) is 17.4 Å². The van der Waals surface area contributed by atoms with Crippen molar-refractivity contribution in [2.45, 2.75) is 26.8 Å². The van der Waals surface area contributed by atoms with E-state index in [9.17, 15) is 9.59 Å². The largest absolute Gasteiger partial charge is 0.455 e. The van der Waals surface area contributed by atoms with Gasteiger partial charge in [-0.15, -0.1) is 0 Å². The lowest BCUT2D eigenvalue weighted by Gasteiger charge is -2.20. The summed E-state index contributed by atoms with van der Waals surface area (Å²) >= 11 is 0. The molecule has 5 rings (SSSR count). The van der Waals surface area contributed by atoms with Crippen LogP contribution >= 0.6 is 0 Å². The van der Waals surface area contributed by atoms with Gasteiger partial charge in [0.05, 0.1) is 17.0 Å². The van der Waals surface area contributed by atoms with Crippen LogP contribution in [0.15, 0.2) is 106 Å². The fourth-order valence-corrected chi connectivity index (χ4v) is 4.59. The zero-order valence-corrected chi connectivity index (χ0v) is 21.0. The van der Waals surface area contributed by atoms with Gasteiger partial charge in [0.25, 0.3) is 5.91 Å². The summed E-state index contributed by atoms with van der Waals surface area (Å²) in [5, 5.41) is 6.99. The van der Waals surface area contributed by atoms with Crippen molar-refractivity contribution in [3.8, 4) is 11.3 Å². The van der Waals surface area contributed by atoms with Crippen LogP contribution in [0.4, 0.5) is 11.4 Å². The molecule has 0 aliphatic rings. The van der Waals surface area contributed by atoms with Crippen LogP contribution in [-0.2, 0) is 0 Å². The third-order valence-electron chi connectivity index (χ3n) is 6.47. The molecule has 0 bridgehead atoms. The van der Waals surface area contributed by atoms with Gasteiger partial charge < -0.3 is 15.1 Å². The van der Waals surface area contributed by atoms with Gasteiger partial charge in [0.2, 0.25) is 0 Å². The predicted octanol–water partition coefficient (Wildman–Crippen LogP) is 7.50. The molecular formula is C32H28N2O3. The molecule has 1 atom stereocenters. The van der Waals surface area contributed by atoms with Crippen molar-refractivity contribution in [1.29, 1.82) is 0 Å². The molecule has 0 fully saturated rings. The van der Waals surface area contributed by atoms with Gasteiger partial charge in [-0.25, -0.2) is 0 Å². The molecule has 0 unspecified atom stereocenters. The molecule has 5 nitrogen and oxygen atoms in total. The average Bonchev–Trinajstić information content (AvgIpc) is 2.92. The Morgan fingerprint density at radius 3 is 2.22 bits per heavy atom. The van der Waals surface area contributed by atoms with E-state index in [0.717, 1.165) is 22.4 Å². The Morgan fingerprint density at radius 2 is 1.49 bits per heavy atom. The Balaban J connectivity index is 1.55. The number of nitrogens with one attached hydrogen (secondary N) is 2. The normalized spacial score (nSPS) is 11.8. The lowest BCUT2D eigenvalue weighted by Crippen LogP contribution is -2.17. The quantitative estimate of drug-likeness (QED) is 0.260. The molecular weight excluding hydrogens is 460 g/mol. The first kappa shape index (κ1) is 24.1. The van der Waals surface area contributed by atoms with Crippen LogP contribution in [-0.4, -0.2) is 5.91 Å². The average molecular weight is 489 g/mol. The number of aryl methyl sites for hydroxylation is 1. The van der Waals surface area contributed by atoms with Crippen LogP contribution in [0, 0.1) is 13.8 Å². The van der Waals surface area contributed by atoms with Gasteiger partial charge >= 0.3 is 0 Å². The fraction of sp³-hybridized carbons (Fsp3) is 0.125. The first-order valence-electron chi connectivity index (χ1n) is 12.3. The molecule has 4 aromatic carbocycles. The van der Waals surface area contributed by atoms with E-state index in [1.807, 2.05) is 105 Å². The second-order valence-electron chi connectivity index (χ2n) is 9.21. The summed E-state index contributed by atoms with van der Waals surface area (Å²) in [7, 11) is 0. The van der Waals surface area contributed by atoms with Crippen molar-refractivity contribution in [3.63, 3.8) is 0 Å². The van der Waals surface area contributed by atoms with Crippen molar-refractivity contribution >= 4 is 28.3 Å². The Kier molecular flexibility index (Phi) is 6.60. The Morgan fingerprint density at radius 1 is 0.838 bits per heavy atom. The van der Waals surface area contributed by atoms with Crippen molar-refractivity contribution in [3.05, 3.63) is 130 Å². The molecule has 5 heteroatoms. The van der Waals surface area contributed by atoms with Crippen molar-refractivity contribution in [2.24, 2.45) is 0 Å². The van der Waals surface area contributed by atoms with Crippen molar-refractivity contribution in [1.82, 2.24) is 0 Å². The highest BCUT2D eigenvalue weighted by Crippen LogP contribution is 2.32. The molecule has 1 heterocycles. The smallest absolute Gasteiger partial charge is 0.257 e. The summed E-state index contributed by atoms with van der Waals surface area (Å²) in [5.74, 6) is 0.363. The van der Waals surface area contributed by atoms with Gasteiger partial charge in [-0.1, -0.05) is 66.7 Å². The van der Waals surface area contributed by atoms with Gasteiger partial charge in [0, 0.05) is 28.1 Å². The molecule has 2 N–H and O–H groups in total. The lowest BCUT2D eigenvalue weighted by molar-refractivity contribution is 0.102. The minimum Gasteiger partial charge on any atom is -0.455 e. The van der Waals surface area contributed by atoms with E-state index in [1.54, 1.807) is 13.0 Å². The van der Waals surface area contributed by atoms with Gasteiger partial charge in [-0.3, -0.25) is 9.59 Å². The number of hydrogen-bond acceptors (Lipinski definition) is 4. The molecule has 0 saturated heterocycles. The van der Waals surface area contributed by atoms with Crippen LogP contribution < -0.4 is 16.1 Å². The highest BCUT2D eigenvalue weighted by molar-refractivity contribution is 6.08. The summed E-state index contributed by atoms with van der Waals surface area (Å²) in [5.41, 5.74) is 5.70. The van der Waals surface area contributed by atoms with E-state index < -0.39 is 0 Å². The highest BCUT2D eigenvalue weighted by atomic mass is 16.3. The molecule has 1 amide bonds. The molecule has 0 spiro atoms. The maximum atomic E-state index is 13.4.